The van der Waals surface area contributed by atoms with E-state index < -0.39 is 11.9 Å². The minimum absolute atomic E-state index is 0.180. The smallest absolute Gasteiger partial charge is 0.412 e. The van der Waals surface area contributed by atoms with Crippen LogP contribution in [0.4, 0.5) is 9.18 Å². The summed E-state index contributed by atoms with van der Waals surface area (Å²) in [6, 6.07) is 5.44. The number of amides is 1. The molecule has 0 aliphatic carbocycles. The van der Waals surface area contributed by atoms with Crippen molar-refractivity contribution in [3.63, 3.8) is 0 Å². The van der Waals surface area contributed by atoms with E-state index in [0.29, 0.717) is 18.6 Å². The SMILES string of the molecule is CCCOC(=O)NC(=N)c1cccc(F)c1. The highest BCUT2D eigenvalue weighted by Gasteiger charge is 2.07. The molecule has 86 valence electrons. The number of amidine groups is 1. The van der Waals surface area contributed by atoms with Crippen molar-refractivity contribution in [1.82, 2.24) is 5.32 Å². The van der Waals surface area contributed by atoms with Crippen LogP contribution in [0.3, 0.4) is 0 Å². The van der Waals surface area contributed by atoms with Gasteiger partial charge in [0.25, 0.3) is 0 Å². The zero-order valence-corrected chi connectivity index (χ0v) is 8.92. The number of rotatable bonds is 3. The van der Waals surface area contributed by atoms with Crippen molar-refractivity contribution in [2.24, 2.45) is 0 Å². The minimum Gasteiger partial charge on any atom is -0.449 e. The van der Waals surface area contributed by atoms with Gasteiger partial charge in [-0.05, 0) is 18.6 Å². The molecule has 1 rings (SSSR count). The molecule has 0 spiro atoms. The average molecular weight is 224 g/mol. The van der Waals surface area contributed by atoms with Gasteiger partial charge in [0, 0.05) is 5.56 Å². The van der Waals surface area contributed by atoms with Crippen LogP contribution in [0.15, 0.2) is 24.3 Å². The molecule has 5 heteroatoms. The van der Waals surface area contributed by atoms with E-state index in [9.17, 15) is 9.18 Å². The fourth-order valence-electron chi connectivity index (χ4n) is 1.05. The second-order valence-corrected chi connectivity index (χ2v) is 3.15. The number of hydrogen-bond donors (Lipinski definition) is 2. The van der Waals surface area contributed by atoms with Crippen LogP contribution in [0.5, 0.6) is 0 Å². The Morgan fingerprint density at radius 3 is 2.94 bits per heavy atom. The van der Waals surface area contributed by atoms with Gasteiger partial charge in [0.15, 0.2) is 0 Å². The molecule has 0 aliphatic rings. The lowest BCUT2D eigenvalue weighted by atomic mass is 10.2. The highest BCUT2D eigenvalue weighted by atomic mass is 19.1. The Hall–Kier alpha value is -1.91. The van der Waals surface area contributed by atoms with E-state index in [4.69, 9.17) is 10.1 Å². The molecule has 0 radical (unpaired) electrons. The maximum Gasteiger partial charge on any atom is 0.412 e. The Morgan fingerprint density at radius 1 is 1.56 bits per heavy atom. The van der Waals surface area contributed by atoms with E-state index in [1.54, 1.807) is 0 Å². The van der Waals surface area contributed by atoms with Gasteiger partial charge in [0.1, 0.15) is 11.7 Å². The minimum atomic E-state index is -0.698. The normalized spacial score (nSPS) is 9.62. The first-order chi connectivity index (χ1) is 7.63. The van der Waals surface area contributed by atoms with Gasteiger partial charge < -0.3 is 4.74 Å². The zero-order chi connectivity index (χ0) is 12.0. The maximum absolute atomic E-state index is 12.8. The average Bonchev–Trinajstić information content (AvgIpc) is 2.26. The Kier molecular flexibility index (Phi) is 4.44. The molecule has 4 nitrogen and oxygen atoms in total. The molecule has 1 aromatic rings. The van der Waals surface area contributed by atoms with Gasteiger partial charge in [0.05, 0.1) is 6.61 Å². The van der Waals surface area contributed by atoms with Gasteiger partial charge in [-0.1, -0.05) is 19.1 Å². The van der Waals surface area contributed by atoms with Crippen LogP contribution in [0.2, 0.25) is 0 Å². The fourth-order valence-corrected chi connectivity index (χ4v) is 1.05. The van der Waals surface area contributed by atoms with E-state index in [-0.39, 0.29) is 5.84 Å². The monoisotopic (exact) mass is 224 g/mol. The van der Waals surface area contributed by atoms with E-state index in [1.807, 2.05) is 6.92 Å². The highest BCUT2D eigenvalue weighted by molar-refractivity contribution is 6.04. The molecule has 1 amide bonds. The fraction of sp³-hybridized carbons (Fsp3) is 0.273. The molecule has 0 aliphatic heterocycles. The van der Waals surface area contributed by atoms with Crippen molar-refractivity contribution >= 4 is 11.9 Å². The summed E-state index contributed by atoms with van der Waals surface area (Å²) in [6.45, 7) is 2.16. The predicted octanol–water partition coefficient (Wildman–Crippen LogP) is 2.29. The standard InChI is InChI=1S/C11H13FN2O2/c1-2-6-16-11(15)14-10(13)8-4-3-5-9(12)7-8/h3-5,7H,2,6H2,1H3,(H2,13,14,15). The van der Waals surface area contributed by atoms with Gasteiger partial charge >= 0.3 is 6.09 Å². The summed E-state index contributed by atoms with van der Waals surface area (Å²) in [5, 5.41) is 9.73. The van der Waals surface area contributed by atoms with E-state index in [0.717, 1.165) is 0 Å². The molecule has 0 heterocycles. The largest absolute Gasteiger partial charge is 0.449 e. The number of ether oxygens (including phenoxy) is 1. The molecule has 2 N–H and O–H groups in total. The molecule has 0 atom stereocenters. The maximum atomic E-state index is 12.8. The van der Waals surface area contributed by atoms with Crippen molar-refractivity contribution in [2.45, 2.75) is 13.3 Å². The van der Waals surface area contributed by atoms with Gasteiger partial charge in [0.2, 0.25) is 0 Å². The van der Waals surface area contributed by atoms with Crippen LogP contribution in [-0.2, 0) is 4.74 Å². The number of hydrogen-bond acceptors (Lipinski definition) is 3. The molecule has 0 fully saturated rings. The Balaban J connectivity index is 2.55. The van der Waals surface area contributed by atoms with Crippen LogP contribution < -0.4 is 5.32 Å². The summed E-state index contributed by atoms with van der Waals surface area (Å²) in [7, 11) is 0. The summed E-state index contributed by atoms with van der Waals surface area (Å²) < 4.78 is 17.6. The lowest BCUT2D eigenvalue weighted by Crippen LogP contribution is -2.31. The second kappa shape index (κ2) is 5.85. The number of carbonyl (C=O) groups is 1. The van der Waals surface area contributed by atoms with Crippen LogP contribution in [0, 0.1) is 11.2 Å². The molecule has 0 bridgehead atoms. The molecule has 0 saturated carbocycles. The van der Waals surface area contributed by atoms with Gasteiger partial charge in [-0.2, -0.15) is 0 Å². The lowest BCUT2D eigenvalue weighted by molar-refractivity contribution is 0.152. The van der Waals surface area contributed by atoms with Crippen LogP contribution in [-0.4, -0.2) is 18.5 Å². The first kappa shape index (κ1) is 12.2. The summed E-state index contributed by atoms with van der Waals surface area (Å²) in [5.41, 5.74) is 0.299. The molecule has 1 aromatic carbocycles. The van der Waals surface area contributed by atoms with E-state index >= 15 is 0 Å². The zero-order valence-electron chi connectivity index (χ0n) is 8.92. The van der Waals surface area contributed by atoms with E-state index in [1.165, 1.54) is 24.3 Å². The predicted molar refractivity (Wildman–Crippen MR) is 58.0 cm³/mol. The third-order valence-electron chi connectivity index (χ3n) is 1.78. The molecule has 0 aromatic heterocycles. The quantitative estimate of drug-likeness (QED) is 0.611. The lowest BCUT2D eigenvalue weighted by Gasteiger charge is -2.07. The molecule has 0 unspecified atom stereocenters. The number of halogens is 1. The first-order valence-corrected chi connectivity index (χ1v) is 4.91. The Bertz CT molecular complexity index is 393. The second-order valence-electron chi connectivity index (χ2n) is 3.15. The van der Waals surface area contributed by atoms with Crippen molar-refractivity contribution in [3.05, 3.63) is 35.6 Å². The first-order valence-electron chi connectivity index (χ1n) is 4.91. The molecule has 0 saturated heterocycles. The Labute approximate surface area is 92.9 Å². The van der Waals surface area contributed by atoms with Crippen LogP contribution in [0.1, 0.15) is 18.9 Å². The van der Waals surface area contributed by atoms with Gasteiger partial charge in [-0.15, -0.1) is 0 Å². The highest BCUT2D eigenvalue weighted by Crippen LogP contribution is 2.03. The summed E-state index contributed by atoms with van der Waals surface area (Å²) in [4.78, 5) is 11.1. The van der Waals surface area contributed by atoms with Crippen molar-refractivity contribution in [3.8, 4) is 0 Å². The third kappa shape index (κ3) is 3.68. The number of carbonyl (C=O) groups excluding carboxylic acids is 1. The van der Waals surface area contributed by atoms with E-state index in [2.05, 4.69) is 5.32 Å². The van der Waals surface area contributed by atoms with Gasteiger partial charge in [-0.25, -0.2) is 9.18 Å². The van der Waals surface area contributed by atoms with Crippen LogP contribution >= 0.6 is 0 Å². The summed E-state index contributed by atoms with van der Waals surface area (Å²) >= 11 is 0. The number of alkyl carbamates (subject to hydrolysis) is 1. The number of nitrogens with one attached hydrogen (secondary N) is 2. The topological polar surface area (TPSA) is 62.2 Å². The summed E-state index contributed by atoms with van der Waals surface area (Å²) in [6.07, 6.45) is 0.0110. The van der Waals surface area contributed by atoms with Crippen LogP contribution in [0.25, 0.3) is 0 Å². The summed E-state index contributed by atoms with van der Waals surface area (Å²) in [5.74, 6) is -0.633. The number of benzene rings is 1. The molecular weight excluding hydrogens is 211 g/mol. The van der Waals surface area contributed by atoms with Crippen molar-refractivity contribution in [1.29, 1.82) is 5.41 Å². The molecular formula is C11H13FN2O2. The van der Waals surface area contributed by atoms with Crippen molar-refractivity contribution in [2.75, 3.05) is 6.61 Å². The van der Waals surface area contributed by atoms with Gasteiger partial charge in [-0.3, -0.25) is 10.7 Å². The Morgan fingerprint density at radius 2 is 2.31 bits per heavy atom. The molecule has 16 heavy (non-hydrogen) atoms. The third-order valence-corrected chi connectivity index (χ3v) is 1.78. The van der Waals surface area contributed by atoms with Crippen molar-refractivity contribution < 1.29 is 13.9 Å².